The highest BCUT2D eigenvalue weighted by molar-refractivity contribution is 7.00. The van der Waals surface area contributed by atoms with Crippen molar-refractivity contribution < 1.29 is 9.72 Å². The van der Waals surface area contributed by atoms with Crippen LogP contribution in [-0.4, -0.2) is 19.6 Å². The molecule has 1 N–H and O–H groups in total. The van der Waals surface area contributed by atoms with Crippen LogP contribution >= 0.6 is 11.7 Å². The number of nitro benzene ring substituents is 1. The van der Waals surface area contributed by atoms with E-state index in [0.717, 1.165) is 11.7 Å². The number of hydrogen-bond donors (Lipinski definition) is 1. The van der Waals surface area contributed by atoms with Gasteiger partial charge in [-0.05, 0) is 25.1 Å². The van der Waals surface area contributed by atoms with Crippen LogP contribution in [0.15, 0.2) is 36.4 Å². The van der Waals surface area contributed by atoms with E-state index in [-0.39, 0.29) is 11.3 Å². The summed E-state index contributed by atoms with van der Waals surface area (Å²) in [5.41, 5.74) is 2.33. The zero-order chi connectivity index (χ0) is 15.7. The van der Waals surface area contributed by atoms with Gasteiger partial charge in [-0.3, -0.25) is 14.9 Å². The largest absolute Gasteiger partial charge is 0.320 e. The number of nitrogens with zero attached hydrogens (tertiary/aromatic N) is 3. The average Bonchev–Trinajstić information content (AvgIpc) is 2.96. The monoisotopic (exact) mass is 314 g/mol. The molecule has 0 fully saturated rings. The van der Waals surface area contributed by atoms with Gasteiger partial charge in [-0.1, -0.05) is 12.1 Å². The molecule has 0 saturated carbocycles. The summed E-state index contributed by atoms with van der Waals surface area (Å²) >= 11 is 1.06. The number of amides is 1. The SMILES string of the molecule is Cc1c(C(=O)Nc2cccc3nsnc23)cccc1[N+](=O)[O-]. The number of nitro groups is 1. The van der Waals surface area contributed by atoms with E-state index in [1.807, 2.05) is 0 Å². The van der Waals surface area contributed by atoms with Gasteiger partial charge in [0.15, 0.2) is 0 Å². The van der Waals surface area contributed by atoms with Gasteiger partial charge in [-0.2, -0.15) is 8.75 Å². The van der Waals surface area contributed by atoms with E-state index < -0.39 is 10.8 Å². The minimum atomic E-state index is -0.503. The van der Waals surface area contributed by atoms with Crippen LogP contribution in [-0.2, 0) is 0 Å². The molecule has 110 valence electrons. The van der Waals surface area contributed by atoms with Gasteiger partial charge in [0.2, 0.25) is 0 Å². The number of anilines is 1. The van der Waals surface area contributed by atoms with E-state index in [1.165, 1.54) is 12.1 Å². The molecule has 0 aliphatic rings. The first-order valence-electron chi connectivity index (χ1n) is 6.34. The predicted octanol–water partition coefficient (Wildman–Crippen LogP) is 3.16. The molecule has 1 amide bonds. The molecule has 22 heavy (non-hydrogen) atoms. The Balaban J connectivity index is 1.97. The molecule has 0 saturated heterocycles. The number of aromatic nitrogens is 2. The number of hydrogen-bond acceptors (Lipinski definition) is 6. The lowest BCUT2D eigenvalue weighted by atomic mass is 10.1. The molecule has 2 aromatic carbocycles. The Labute approximate surface area is 129 Å². The molecule has 1 aromatic heterocycles. The minimum Gasteiger partial charge on any atom is -0.320 e. The van der Waals surface area contributed by atoms with Gasteiger partial charge in [0.1, 0.15) is 11.0 Å². The third-order valence-electron chi connectivity index (χ3n) is 3.28. The summed E-state index contributed by atoms with van der Waals surface area (Å²) < 4.78 is 8.25. The second-order valence-electron chi connectivity index (χ2n) is 4.60. The van der Waals surface area contributed by atoms with Crippen molar-refractivity contribution in [2.24, 2.45) is 0 Å². The van der Waals surface area contributed by atoms with Gasteiger partial charge in [0, 0.05) is 17.2 Å². The van der Waals surface area contributed by atoms with Crippen LogP contribution in [0.3, 0.4) is 0 Å². The number of carbonyl (C=O) groups excluding carboxylic acids is 1. The fraction of sp³-hybridized carbons (Fsp3) is 0.0714. The normalized spacial score (nSPS) is 10.6. The molecule has 0 spiro atoms. The molecular formula is C14H10N4O3S. The van der Waals surface area contributed by atoms with Crippen LogP contribution in [0.4, 0.5) is 11.4 Å². The van der Waals surface area contributed by atoms with E-state index in [4.69, 9.17) is 0 Å². The third-order valence-corrected chi connectivity index (χ3v) is 3.82. The Bertz CT molecular complexity index is 891. The second-order valence-corrected chi connectivity index (χ2v) is 5.13. The second kappa shape index (κ2) is 5.49. The van der Waals surface area contributed by atoms with Crippen molar-refractivity contribution in [1.82, 2.24) is 8.75 Å². The number of benzene rings is 2. The molecule has 0 unspecified atom stereocenters. The minimum absolute atomic E-state index is 0.0822. The fourth-order valence-electron chi connectivity index (χ4n) is 2.16. The maximum atomic E-state index is 12.4. The molecule has 7 nitrogen and oxygen atoms in total. The van der Waals surface area contributed by atoms with Crippen LogP contribution in [0, 0.1) is 17.0 Å². The van der Waals surface area contributed by atoms with Gasteiger partial charge in [0.05, 0.1) is 22.3 Å². The summed E-state index contributed by atoms with van der Waals surface area (Å²) in [6, 6.07) is 9.69. The number of carbonyl (C=O) groups is 1. The van der Waals surface area contributed by atoms with Crippen molar-refractivity contribution >= 4 is 40.0 Å². The predicted molar refractivity (Wildman–Crippen MR) is 83.2 cm³/mol. The zero-order valence-corrected chi connectivity index (χ0v) is 12.3. The van der Waals surface area contributed by atoms with E-state index in [0.29, 0.717) is 22.3 Å². The van der Waals surface area contributed by atoms with Gasteiger partial charge >= 0.3 is 0 Å². The van der Waals surface area contributed by atoms with Gasteiger partial charge in [-0.25, -0.2) is 0 Å². The summed E-state index contributed by atoms with van der Waals surface area (Å²) in [4.78, 5) is 22.8. The highest BCUT2D eigenvalue weighted by Gasteiger charge is 2.18. The quantitative estimate of drug-likeness (QED) is 0.591. The molecule has 0 radical (unpaired) electrons. The van der Waals surface area contributed by atoms with Crippen LogP contribution < -0.4 is 5.32 Å². The van der Waals surface area contributed by atoms with Crippen LogP contribution in [0.1, 0.15) is 15.9 Å². The molecule has 0 atom stereocenters. The fourth-order valence-corrected chi connectivity index (χ4v) is 2.71. The summed E-state index contributed by atoms with van der Waals surface area (Å²) in [6.07, 6.45) is 0. The van der Waals surface area contributed by atoms with Gasteiger partial charge in [0.25, 0.3) is 11.6 Å². The zero-order valence-electron chi connectivity index (χ0n) is 11.4. The summed E-state index contributed by atoms with van der Waals surface area (Å²) in [7, 11) is 0. The Morgan fingerprint density at radius 3 is 2.77 bits per heavy atom. The lowest BCUT2D eigenvalue weighted by Gasteiger charge is -2.08. The first kappa shape index (κ1) is 14.1. The Kier molecular flexibility index (Phi) is 3.51. The van der Waals surface area contributed by atoms with Crippen molar-refractivity contribution in [1.29, 1.82) is 0 Å². The smallest absolute Gasteiger partial charge is 0.273 e. The molecule has 1 heterocycles. The van der Waals surface area contributed by atoms with E-state index >= 15 is 0 Å². The van der Waals surface area contributed by atoms with E-state index in [9.17, 15) is 14.9 Å². The third kappa shape index (κ3) is 2.40. The van der Waals surface area contributed by atoms with E-state index in [2.05, 4.69) is 14.1 Å². The number of nitrogens with one attached hydrogen (secondary N) is 1. The molecule has 3 aromatic rings. The highest BCUT2D eigenvalue weighted by atomic mass is 32.1. The van der Waals surface area contributed by atoms with Crippen molar-refractivity contribution in [3.8, 4) is 0 Å². The Morgan fingerprint density at radius 2 is 2.00 bits per heavy atom. The van der Waals surface area contributed by atoms with Crippen LogP contribution in [0.5, 0.6) is 0 Å². The molecule has 0 aliphatic carbocycles. The molecule has 8 heteroatoms. The van der Waals surface area contributed by atoms with Crippen LogP contribution in [0.2, 0.25) is 0 Å². The van der Waals surface area contributed by atoms with Gasteiger partial charge in [-0.15, -0.1) is 0 Å². The van der Waals surface area contributed by atoms with Gasteiger partial charge < -0.3 is 5.32 Å². The molecular weight excluding hydrogens is 304 g/mol. The topological polar surface area (TPSA) is 98.0 Å². The van der Waals surface area contributed by atoms with Crippen LogP contribution in [0.25, 0.3) is 11.0 Å². The highest BCUT2D eigenvalue weighted by Crippen LogP contribution is 2.24. The van der Waals surface area contributed by atoms with Crippen molar-refractivity contribution in [2.75, 3.05) is 5.32 Å². The lowest BCUT2D eigenvalue weighted by molar-refractivity contribution is -0.385. The Morgan fingerprint density at radius 1 is 1.23 bits per heavy atom. The van der Waals surface area contributed by atoms with E-state index in [1.54, 1.807) is 31.2 Å². The number of fused-ring (bicyclic) bond motifs is 1. The summed E-state index contributed by atoms with van der Waals surface area (Å²) in [6.45, 7) is 1.55. The maximum absolute atomic E-state index is 12.4. The Hall–Kier alpha value is -2.87. The maximum Gasteiger partial charge on any atom is 0.273 e. The lowest BCUT2D eigenvalue weighted by Crippen LogP contribution is -2.14. The van der Waals surface area contributed by atoms with Crippen molar-refractivity contribution in [3.05, 3.63) is 57.6 Å². The van der Waals surface area contributed by atoms with Crippen molar-refractivity contribution in [2.45, 2.75) is 6.92 Å². The first-order valence-corrected chi connectivity index (χ1v) is 7.07. The number of rotatable bonds is 3. The van der Waals surface area contributed by atoms with Crippen molar-refractivity contribution in [3.63, 3.8) is 0 Å². The molecule has 0 bridgehead atoms. The average molecular weight is 314 g/mol. The summed E-state index contributed by atoms with van der Waals surface area (Å²) in [5.74, 6) is -0.415. The first-order chi connectivity index (χ1) is 10.6. The summed E-state index contributed by atoms with van der Waals surface area (Å²) in [5, 5.41) is 13.7. The standard InChI is InChI=1S/C14H10N4O3S/c1-8-9(4-2-7-12(8)18(20)21)14(19)15-10-5-3-6-11-13(10)17-22-16-11/h2-7H,1H3,(H,15,19). The molecule has 0 aliphatic heterocycles. The molecule has 3 rings (SSSR count).